The van der Waals surface area contributed by atoms with Crippen LogP contribution in [0.25, 0.3) is 22.3 Å². The van der Waals surface area contributed by atoms with Crippen LogP contribution in [0, 0.1) is 5.82 Å². The predicted molar refractivity (Wildman–Crippen MR) is 99.1 cm³/mol. The quantitative estimate of drug-likeness (QED) is 0.717. The van der Waals surface area contributed by atoms with E-state index in [1.54, 1.807) is 17.2 Å². The molecule has 3 heterocycles. The molecule has 1 amide bonds. The Kier molecular flexibility index (Phi) is 4.52. The summed E-state index contributed by atoms with van der Waals surface area (Å²) >= 11 is 0. The van der Waals surface area contributed by atoms with E-state index in [9.17, 15) is 9.18 Å². The first-order valence-corrected chi connectivity index (χ1v) is 9.25. The van der Waals surface area contributed by atoms with Gasteiger partial charge in [0.2, 0.25) is 11.7 Å². The van der Waals surface area contributed by atoms with Crippen LogP contribution in [0.5, 0.6) is 0 Å². The van der Waals surface area contributed by atoms with Gasteiger partial charge in [0.25, 0.3) is 0 Å². The number of likely N-dealkylation sites (tertiary alicyclic amines) is 1. The Hall–Kier alpha value is -2.97. The van der Waals surface area contributed by atoms with Crippen molar-refractivity contribution in [2.24, 2.45) is 0 Å². The van der Waals surface area contributed by atoms with E-state index in [0.717, 1.165) is 0 Å². The average molecular weight is 387 g/mol. The monoisotopic (exact) mass is 387 g/mol. The van der Waals surface area contributed by atoms with Crippen molar-refractivity contribution in [2.75, 3.05) is 13.1 Å². The van der Waals surface area contributed by atoms with Gasteiger partial charge >= 0.3 is 6.09 Å². The number of carbonyl (C=O) groups excluding carboxylic acids is 1. The molecule has 0 radical (unpaired) electrons. The SMILES string of the molecule is CC(C)(C)OC(=O)N1CCC(c2nc(-c3ccc(F)c4[nH]ncc34)no2)CC1. The van der Waals surface area contributed by atoms with Crippen LogP contribution in [0.1, 0.15) is 45.4 Å². The van der Waals surface area contributed by atoms with Crippen molar-refractivity contribution in [1.29, 1.82) is 0 Å². The fraction of sp³-hybridized carbons (Fsp3) is 0.474. The van der Waals surface area contributed by atoms with Gasteiger partial charge in [0.05, 0.1) is 6.20 Å². The number of hydrogen-bond acceptors (Lipinski definition) is 6. The minimum atomic E-state index is -0.511. The lowest BCUT2D eigenvalue weighted by atomic mass is 9.97. The van der Waals surface area contributed by atoms with Crippen LogP contribution in [0.3, 0.4) is 0 Å². The summed E-state index contributed by atoms with van der Waals surface area (Å²) < 4.78 is 24.7. The van der Waals surface area contributed by atoms with Crippen LogP contribution in [-0.2, 0) is 4.74 Å². The summed E-state index contributed by atoms with van der Waals surface area (Å²) in [6.07, 6.45) is 2.67. The Morgan fingerprint density at radius 1 is 1.32 bits per heavy atom. The molecule has 3 aromatic rings. The van der Waals surface area contributed by atoms with Crippen LogP contribution in [-0.4, -0.2) is 50.0 Å². The third-order valence-electron chi connectivity index (χ3n) is 4.74. The number of ether oxygens (including phenoxy) is 1. The Bertz CT molecular complexity index is 999. The summed E-state index contributed by atoms with van der Waals surface area (Å²) in [4.78, 5) is 18.4. The van der Waals surface area contributed by atoms with Crippen molar-refractivity contribution < 1.29 is 18.4 Å². The standard InChI is InChI=1S/C19H22FN5O3/c1-19(2,3)27-18(26)25-8-6-11(7-9-25)17-22-16(24-28-17)12-4-5-14(20)15-13(12)10-21-23-15/h4-5,10-11H,6-9H2,1-3H3,(H,21,23). The maximum atomic E-state index is 13.8. The Morgan fingerprint density at radius 3 is 2.79 bits per heavy atom. The number of carbonyl (C=O) groups is 1. The molecule has 1 fully saturated rings. The fourth-order valence-electron chi connectivity index (χ4n) is 3.34. The van der Waals surface area contributed by atoms with Gasteiger partial charge in [-0.2, -0.15) is 10.1 Å². The number of H-pyrrole nitrogens is 1. The van der Waals surface area contributed by atoms with Crippen LogP contribution in [0.15, 0.2) is 22.9 Å². The first-order chi connectivity index (χ1) is 13.3. The number of halogens is 1. The number of amides is 1. The average Bonchev–Trinajstić information content (AvgIpc) is 3.31. The zero-order valence-electron chi connectivity index (χ0n) is 16.0. The molecule has 0 aliphatic carbocycles. The summed E-state index contributed by atoms with van der Waals surface area (Å²) in [5, 5.41) is 11.2. The molecular formula is C19H22FN5O3. The molecule has 0 saturated carbocycles. The highest BCUT2D eigenvalue weighted by Crippen LogP contribution is 2.31. The lowest BCUT2D eigenvalue weighted by Crippen LogP contribution is -2.41. The molecular weight excluding hydrogens is 365 g/mol. The molecule has 1 aromatic carbocycles. The van der Waals surface area contributed by atoms with E-state index in [1.165, 1.54) is 6.07 Å². The maximum Gasteiger partial charge on any atom is 0.410 e. The molecule has 1 aliphatic heterocycles. The maximum absolute atomic E-state index is 13.8. The number of benzene rings is 1. The Morgan fingerprint density at radius 2 is 2.07 bits per heavy atom. The minimum absolute atomic E-state index is 0.0697. The van der Waals surface area contributed by atoms with Gasteiger partial charge in [0.1, 0.15) is 16.9 Å². The molecule has 0 unspecified atom stereocenters. The smallest absolute Gasteiger partial charge is 0.410 e. The largest absolute Gasteiger partial charge is 0.444 e. The fourth-order valence-corrected chi connectivity index (χ4v) is 3.34. The number of nitrogens with zero attached hydrogens (tertiary/aromatic N) is 4. The zero-order chi connectivity index (χ0) is 19.9. The first kappa shape index (κ1) is 18.4. The van der Waals surface area contributed by atoms with Gasteiger partial charge in [-0.25, -0.2) is 9.18 Å². The number of aromatic nitrogens is 4. The van der Waals surface area contributed by atoms with Crippen LogP contribution < -0.4 is 0 Å². The second-order valence-electron chi connectivity index (χ2n) is 7.95. The second kappa shape index (κ2) is 6.88. The third kappa shape index (κ3) is 3.56. The highest BCUT2D eigenvalue weighted by molar-refractivity contribution is 5.92. The van der Waals surface area contributed by atoms with Crippen molar-refractivity contribution in [3.05, 3.63) is 30.0 Å². The number of fused-ring (bicyclic) bond motifs is 1. The second-order valence-corrected chi connectivity index (χ2v) is 7.95. The molecule has 9 heteroatoms. The number of nitrogens with one attached hydrogen (secondary N) is 1. The molecule has 8 nitrogen and oxygen atoms in total. The van der Waals surface area contributed by atoms with Gasteiger partial charge in [-0.1, -0.05) is 5.16 Å². The highest BCUT2D eigenvalue weighted by atomic mass is 19.1. The first-order valence-electron chi connectivity index (χ1n) is 9.25. The normalized spacial score (nSPS) is 15.9. The van der Waals surface area contributed by atoms with E-state index in [1.807, 2.05) is 20.8 Å². The molecule has 148 valence electrons. The van der Waals surface area contributed by atoms with Gasteiger partial charge < -0.3 is 14.2 Å². The highest BCUT2D eigenvalue weighted by Gasteiger charge is 2.30. The van der Waals surface area contributed by atoms with Crippen LogP contribution >= 0.6 is 0 Å². The van der Waals surface area contributed by atoms with Crippen LogP contribution in [0.4, 0.5) is 9.18 Å². The van der Waals surface area contributed by atoms with Gasteiger partial charge in [0.15, 0.2) is 0 Å². The molecule has 2 aromatic heterocycles. The minimum Gasteiger partial charge on any atom is -0.444 e. The molecule has 0 spiro atoms. The lowest BCUT2D eigenvalue weighted by molar-refractivity contribution is 0.0198. The summed E-state index contributed by atoms with van der Waals surface area (Å²) in [6.45, 7) is 6.69. The summed E-state index contributed by atoms with van der Waals surface area (Å²) in [5.74, 6) is 0.616. The number of rotatable bonds is 2. The Labute approximate surface area is 161 Å². The van der Waals surface area contributed by atoms with Crippen LogP contribution in [0.2, 0.25) is 0 Å². The summed E-state index contributed by atoms with van der Waals surface area (Å²) in [7, 11) is 0. The summed E-state index contributed by atoms with van der Waals surface area (Å²) in [6, 6.07) is 2.97. The van der Waals surface area contributed by atoms with E-state index in [0.29, 0.717) is 54.1 Å². The van der Waals surface area contributed by atoms with Crippen molar-refractivity contribution in [1.82, 2.24) is 25.2 Å². The van der Waals surface area contributed by atoms with Gasteiger partial charge in [0, 0.05) is 30.0 Å². The van der Waals surface area contributed by atoms with Gasteiger partial charge in [-0.15, -0.1) is 0 Å². The van der Waals surface area contributed by atoms with E-state index in [4.69, 9.17) is 9.26 Å². The van der Waals surface area contributed by atoms with Crippen molar-refractivity contribution in [3.63, 3.8) is 0 Å². The molecule has 0 bridgehead atoms. The van der Waals surface area contributed by atoms with Crippen molar-refractivity contribution in [3.8, 4) is 11.4 Å². The van der Waals surface area contributed by atoms with E-state index in [-0.39, 0.29) is 17.8 Å². The summed E-state index contributed by atoms with van der Waals surface area (Å²) in [5.41, 5.74) is 0.462. The number of hydrogen-bond donors (Lipinski definition) is 1. The van der Waals surface area contributed by atoms with Gasteiger partial charge in [-0.3, -0.25) is 5.10 Å². The lowest BCUT2D eigenvalue weighted by Gasteiger charge is -2.32. The predicted octanol–water partition coefficient (Wildman–Crippen LogP) is 3.87. The van der Waals surface area contributed by atoms with Crippen molar-refractivity contribution >= 4 is 17.0 Å². The zero-order valence-corrected chi connectivity index (χ0v) is 16.0. The molecule has 1 N–H and O–H groups in total. The topological polar surface area (TPSA) is 97.1 Å². The molecule has 0 atom stereocenters. The third-order valence-corrected chi connectivity index (χ3v) is 4.74. The Balaban J connectivity index is 1.46. The van der Waals surface area contributed by atoms with E-state index >= 15 is 0 Å². The van der Waals surface area contributed by atoms with E-state index < -0.39 is 5.60 Å². The molecule has 4 rings (SSSR count). The van der Waals surface area contributed by atoms with Gasteiger partial charge in [-0.05, 0) is 45.7 Å². The molecule has 1 aliphatic rings. The number of piperidine rings is 1. The molecule has 28 heavy (non-hydrogen) atoms. The van der Waals surface area contributed by atoms with E-state index in [2.05, 4.69) is 20.3 Å². The number of aromatic amines is 1. The van der Waals surface area contributed by atoms with Crippen molar-refractivity contribution in [2.45, 2.75) is 45.1 Å². The molecule has 1 saturated heterocycles.